The van der Waals surface area contributed by atoms with Crippen LogP contribution in [-0.2, 0) is 33.4 Å². The number of aromatic nitrogens is 2. The minimum atomic E-state index is -0.613. The molecule has 1 saturated heterocycles. The second-order valence-electron chi connectivity index (χ2n) is 10.8. The van der Waals surface area contributed by atoms with E-state index in [1.54, 1.807) is 43.1 Å². The lowest BCUT2D eigenvalue weighted by Gasteiger charge is -2.39. The van der Waals surface area contributed by atoms with Gasteiger partial charge in [0.2, 0.25) is 23.7 Å². The standard InChI is InChI=1S/C29H48N6O7/c1-9-18(2)26(34(5)24(37)16-32-29-30-13-12-19(3)33-29)22(40-6)15-23(36)35-14-10-11-21(35)27(42-8)20(4)28(39)31-17-25(38)41-7/h12-13,18,20-22,26-27H,9-11,14-17H2,1-8H3,(H,31,39)(H,30,32,33)/t18-,20+,21-,22+,26-,27+/m0/s1. The summed E-state index contributed by atoms with van der Waals surface area (Å²) in [6, 6.07) is 1.09. The van der Waals surface area contributed by atoms with Crippen molar-refractivity contribution in [3.8, 4) is 0 Å². The summed E-state index contributed by atoms with van der Waals surface area (Å²) in [5.74, 6) is -1.41. The van der Waals surface area contributed by atoms with Gasteiger partial charge in [0.25, 0.3) is 0 Å². The van der Waals surface area contributed by atoms with E-state index in [-0.39, 0.29) is 55.2 Å². The van der Waals surface area contributed by atoms with Gasteiger partial charge in [-0.15, -0.1) is 0 Å². The molecule has 0 spiro atoms. The molecule has 2 rings (SSSR count). The molecule has 236 valence electrons. The molecule has 2 heterocycles. The van der Waals surface area contributed by atoms with Crippen LogP contribution in [0.1, 0.15) is 52.1 Å². The number of nitrogens with zero attached hydrogens (tertiary/aromatic N) is 4. The lowest BCUT2D eigenvalue weighted by molar-refractivity contribution is -0.146. The van der Waals surface area contributed by atoms with Crippen LogP contribution in [0.25, 0.3) is 0 Å². The Bertz CT molecular complexity index is 1060. The Balaban J connectivity index is 2.14. The molecule has 3 amide bonds. The van der Waals surface area contributed by atoms with Crippen LogP contribution in [0.2, 0.25) is 0 Å². The van der Waals surface area contributed by atoms with Crippen molar-refractivity contribution in [3.05, 3.63) is 18.0 Å². The van der Waals surface area contributed by atoms with Crippen molar-refractivity contribution >= 4 is 29.6 Å². The molecule has 0 aliphatic carbocycles. The van der Waals surface area contributed by atoms with Crippen LogP contribution in [0.3, 0.4) is 0 Å². The number of anilines is 1. The molecule has 1 aromatic rings. The highest BCUT2D eigenvalue weighted by atomic mass is 16.5. The van der Waals surface area contributed by atoms with E-state index in [1.165, 1.54) is 14.2 Å². The number of methoxy groups -OCH3 is 3. The van der Waals surface area contributed by atoms with E-state index < -0.39 is 24.1 Å². The SMILES string of the molecule is CC[C@H](C)[C@@H]([C@@H](CC(=O)N1CCC[C@H]1[C@H](OC)[C@@H](C)C(=O)NCC(=O)OC)OC)N(C)C(=O)CNc1nccc(C)n1. The van der Waals surface area contributed by atoms with Crippen LogP contribution in [-0.4, -0.2) is 116 Å². The molecule has 1 fully saturated rings. The van der Waals surface area contributed by atoms with E-state index in [0.29, 0.717) is 18.9 Å². The molecule has 1 aromatic heterocycles. The number of nitrogens with one attached hydrogen (secondary N) is 2. The largest absolute Gasteiger partial charge is 0.468 e. The van der Waals surface area contributed by atoms with Crippen LogP contribution < -0.4 is 10.6 Å². The molecular weight excluding hydrogens is 544 g/mol. The fourth-order valence-electron chi connectivity index (χ4n) is 5.53. The summed E-state index contributed by atoms with van der Waals surface area (Å²) in [7, 11) is 6.05. The Morgan fingerprint density at radius 1 is 1.14 bits per heavy atom. The zero-order valence-corrected chi connectivity index (χ0v) is 26.2. The van der Waals surface area contributed by atoms with Gasteiger partial charge < -0.3 is 34.6 Å². The molecule has 2 N–H and O–H groups in total. The highest BCUT2D eigenvalue weighted by molar-refractivity contribution is 5.84. The number of likely N-dealkylation sites (N-methyl/N-ethyl adjacent to an activating group) is 1. The molecule has 1 aliphatic heterocycles. The number of aryl methyl sites for hydroxylation is 1. The molecule has 0 aromatic carbocycles. The molecule has 6 atom stereocenters. The van der Waals surface area contributed by atoms with Crippen molar-refractivity contribution in [1.29, 1.82) is 0 Å². The first-order chi connectivity index (χ1) is 20.0. The van der Waals surface area contributed by atoms with E-state index in [2.05, 4.69) is 25.3 Å². The number of esters is 1. The van der Waals surface area contributed by atoms with Gasteiger partial charge in [-0.1, -0.05) is 27.2 Å². The topological polar surface area (TPSA) is 152 Å². The van der Waals surface area contributed by atoms with Crippen molar-refractivity contribution in [2.75, 3.05) is 53.3 Å². The molecule has 1 aliphatic rings. The van der Waals surface area contributed by atoms with Crippen molar-refractivity contribution in [3.63, 3.8) is 0 Å². The third-order valence-electron chi connectivity index (χ3n) is 8.13. The highest BCUT2D eigenvalue weighted by Crippen LogP contribution is 2.29. The fraction of sp³-hybridized carbons (Fsp3) is 0.724. The summed E-state index contributed by atoms with van der Waals surface area (Å²) in [6.07, 6.45) is 2.79. The first-order valence-electron chi connectivity index (χ1n) is 14.5. The highest BCUT2D eigenvalue weighted by Gasteiger charge is 2.42. The Kier molecular flexibility index (Phi) is 14.1. The number of carbonyl (C=O) groups excluding carboxylic acids is 4. The van der Waals surface area contributed by atoms with Gasteiger partial charge in [-0.2, -0.15) is 0 Å². The maximum Gasteiger partial charge on any atom is 0.325 e. The Morgan fingerprint density at radius 2 is 1.86 bits per heavy atom. The number of carbonyl (C=O) groups is 4. The number of rotatable bonds is 16. The van der Waals surface area contributed by atoms with Gasteiger partial charge in [0.15, 0.2) is 0 Å². The Morgan fingerprint density at radius 3 is 2.45 bits per heavy atom. The monoisotopic (exact) mass is 592 g/mol. The summed E-state index contributed by atoms with van der Waals surface area (Å²) < 4.78 is 16.2. The summed E-state index contributed by atoms with van der Waals surface area (Å²) in [5.41, 5.74) is 0.788. The Hall–Kier alpha value is -3.32. The van der Waals surface area contributed by atoms with Crippen LogP contribution in [0.4, 0.5) is 5.95 Å². The van der Waals surface area contributed by atoms with Gasteiger partial charge in [0, 0.05) is 39.7 Å². The zero-order chi connectivity index (χ0) is 31.4. The zero-order valence-electron chi connectivity index (χ0n) is 26.2. The molecular formula is C29H48N6O7. The predicted molar refractivity (Wildman–Crippen MR) is 156 cm³/mol. The third-order valence-corrected chi connectivity index (χ3v) is 8.13. The first kappa shape index (κ1) is 34.9. The molecule has 42 heavy (non-hydrogen) atoms. The second kappa shape index (κ2) is 17.0. The van der Waals surface area contributed by atoms with Gasteiger partial charge in [-0.25, -0.2) is 9.97 Å². The van der Waals surface area contributed by atoms with Crippen molar-refractivity contribution < 1.29 is 33.4 Å². The van der Waals surface area contributed by atoms with E-state index in [0.717, 1.165) is 18.5 Å². The van der Waals surface area contributed by atoms with Gasteiger partial charge in [-0.05, 0) is 31.7 Å². The van der Waals surface area contributed by atoms with E-state index in [1.807, 2.05) is 20.8 Å². The van der Waals surface area contributed by atoms with Gasteiger partial charge in [-0.3, -0.25) is 19.2 Å². The van der Waals surface area contributed by atoms with Crippen LogP contribution in [0.15, 0.2) is 12.3 Å². The fourth-order valence-corrected chi connectivity index (χ4v) is 5.53. The number of hydrogen-bond acceptors (Lipinski definition) is 10. The second-order valence-corrected chi connectivity index (χ2v) is 10.8. The number of likely N-dealkylation sites (tertiary alicyclic amines) is 1. The molecule has 0 radical (unpaired) electrons. The van der Waals surface area contributed by atoms with E-state index >= 15 is 0 Å². The summed E-state index contributed by atoms with van der Waals surface area (Å²) in [4.78, 5) is 63.0. The lowest BCUT2D eigenvalue weighted by Crippen LogP contribution is -2.54. The summed E-state index contributed by atoms with van der Waals surface area (Å²) in [5, 5.41) is 5.55. The minimum Gasteiger partial charge on any atom is -0.468 e. The first-order valence-corrected chi connectivity index (χ1v) is 14.5. The average Bonchev–Trinajstić information content (AvgIpc) is 3.47. The predicted octanol–water partition coefficient (Wildman–Crippen LogP) is 1.41. The van der Waals surface area contributed by atoms with Crippen molar-refractivity contribution in [2.45, 2.75) is 77.7 Å². The van der Waals surface area contributed by atoms with Gasteiger partial charge in [0.1, 0.15) is 6.54 Å². The van der Waals surface area contributed by atoms with Crippen LogP contribution >= 0.6 is 0 Å². The number of amides is 3. The smallest absolute Gasteiger partial charge is 0.325 e. The van der Waals surface area contributed by atoms with Gasteiger partial charge in [0.05, 0.1) is 50.3 Å². The molecule has 0 bridgehead atoms. The maximum absolute atomic E-state index is 13.7. The minimum absolute atomic E-state index is 0.00306. The molecule has 0 saturated carbocycles. The lowest BCUT2D eigenvalue weighted by atomic mass is 9.90. The molecule has 13 nitrogen and oxygen atoms in total. The maximum atomic E-state index is 13.7. The summed E-state index contributed by atoms with van der Waals surface area (Å²) in [6.45, 7) is 7.92. The van der Waals surface area contributed by atoms with Gasteiger partial charge >= 0.3 is 5.97 Å². The third kappa shape index (κ3) is 9.35. The quantitative estimate of drug-likeness (QED) is 0.270. The van der Waals surface area contributed by atoms with E-state index in [9.17, 15) is 19.2 Å². The molecule has 0 unspecified atom stereocenters. The normalized spacial score (nSPS) is 18.4. The van der Waals surface area contributed by atoms with Crippen LogP contribution in [0.5, 0.6) is 0 Å². The van der Waals surface area contributed by atoms with E-state index in [4.69, 9.17) is 9.47 Å². The van der Waals surface area contributed by atoms with Crippen molar-refractivity contribution in [1.82, 2.24) is 25.1 Å². The van der Waals surface area contributed by atoms with Crippen molar-refractivity contribution in [2.24, 2.45) is 11.8 Å². The van der Waals surface area contributed by atoms with Crippen LogP contribution in [0, 0.1) is 18.8 Å². The number of ether oxygens (including phenoxy) is 3. The molecule has 13 heteroatoms. The summed E-state index contributed by atoms with van der Waals surface area (Å²) >= 11 is 0. The average molecular weight is 593 g/mol. The number of hydrogen-bond donors (Lipinski definition) is 2. The Labute approximate surface area is 249 Å².